The monoisotopic (exact) mass is 990 g/mol. The summed E-state index contributed by atoms with van der Waals surface area (Å²) in [5.74, 6) is 3.80. The number of aliphatic imine (C=N–C) groups is 1. The molecule has 1 aromatic carbocycles. The molecule has 1 saturated carbocycles. The molecule has 0 amide bonds. The summed E-state index contributed by atoms with van der Waals surface area (Å²) in [5, 5.41) is 6.78. The lowest BCUT2D eigenvalue weighted by molar-refractivity contribution is -0.128. The minimum Gasteiger partial charge on any atom is -0.379 e. The van der Waals surface area contributed by atoms with Crippen LogP contribution in [0.1, 0.15) is 251 Å². The van der Waals surface area contributed by atoms with Gasteiger partial charge in [0, 0.05) is 30.2 Å². The van der Waals surface area contributed by atoms with E-state index in [1.165, 1.54) is 63.9 Å². The minimum absolute atomic E-state index is 0.0266. The van der Waals surface area contributed by atoms with Gasteiger partial charge >= 0.3 is 0 Å². The fraction of sp³-hybridized carbons (Fsp3) is 0.703. The van der Waals surface area contributed by atoms with Gasteiger partial charge in [0.2, 0.25) is 0 Å². The molecule has 3 atom stereocenters. The van der Waals surface area contributed by atoms with E-state index in [1.54, 1.807) is 12.2 Å². The Morgan fingerprint density at radius 2 is 1.54 bits per heavy atom. The number of hydrogen-bond donors (Lipinski definition) is 2. The van der Waals surface area contributed by atoms with Crippen LogP contribution in [-0.2, 0) is 19.7 Å². The van der Waals surface area contributed by atoms with E-state index in [1.807, 2.05) is 54.7 Å². The van der Waals surface area contributed by atoms with Crippen LogP contribution in [0.4, 0.5) is 4.39 Å². The first-order valence-electron chi connectivity index (χ1n) is 28.3. The second-order valence-corrected chi connectivity index (χ2v) is 22.2. The molecule has 1 saturated heterocycles. The van der Waals surface area contributed by atoms with Crippen molar-refractivity contribution in [1.29, 1.82) is 0 Å². The summed E-state index contributed by atoms with van der Waals surface area (Å²) in [6, 6.07) is 6.28. The largest absolute Gasteiger partial charge is 0.379 e. The van der Waals surface area contributed by atoms with Gasteiger partial charge in [-0.1, -0.05) is 180 Å². The Bertz CT molecular complexity index is 1760. The number of allylic oxidation sites excluding steroid dienone is 5. The number of ketones is 1. The van der Waals surface area contributed by atoms with Gasteiger partial charge in [0.25, 0.3) is 0 Å². The number of aryl methyl sites for hydroxylation is 1. The third-order valence-electron chi connectivity index (χ3n) is 13.4. The molecule has 2 heterocycles. The van der Waals surface area contributed by atoms with E-state index < -0.39 is 11.2 Å². The summed E-state index contributed by atoms with van der Waals surface area (Å²) in [6.45, 7) is 47.2. The van der Waals surface area contributed by atoms with Crippen molar-refractivity contribution in [3.05, 3.63) is 94.4 Å². The van der Waals surface area contributed by atoms with Gasteiger partial charge in [0.05, 0.1) is 29.0 Å². The standard InChI is InChI=1S/C34H48FN3O.C8H16.C8H18.2C5H10O.C4H10/c1-10-15-29(28(35)14-5)37-33-25(9)30(36-20-13-4)22-31(38-33)26-16-17-27(24(8)21-26)34(18-11-2,19-12-3)32(39)23(6)7;1-3-4-8-5-7(2)6-8;1-5-7-8(3,4)6-2;1-5-3-2-4-6-5;1-3-5(2)4-6;1-4(2)3/h10,14-17,20-23,31,37-38H,5,11-13,18-19H2,1-4,6-9H3;7-8H,3-6H2,1-2H3;5-7H2,1-4H3;5H,2-4H2,1H3;4-5H,3H2,1-2H3;4H,1-3H3/b15-10-,29-28-,36-20?;;;;;. The van der Waals surface area contributed by atoms with Crippen LogP contribution in [0.2, 0.25) is 0 Å². The van der Waals surface area contributed by atoms with Crippen molar-refractivity contribution < 1.29 is 18.7 Å². The highest BCUT2D eigenvalue weighted by atomic mass is 19.1. The maximum absolute atomic E-state index is 14.6. The molecule has 71 heavy (non-hydrogen) atoms. The van der Waals surface area contributed by atoms with E-state index in [2.05, 4.69) is 131 Å². The molecule has 0 bridgehead atoms. The lowest BCUT2D eigenvalue weighted by Crippen LogP contribution is -2.39. The van der Waals surface area contributed by atoms with Gasteiger partial charge in [0.1, 0.15) is 23.7 Å². The van der Waals surface area contributed by atoms with E-state index >= 15 is 0 Å². The first-order valence-corrected chi connectivity index (χ1v) is 28.3. The molecule has 2 N–H and O–H groups in total. The van der Waals surface area contributed by atoms with Gasteiger partial charge in [-0.3, -0.25) is 9.79 Å². The summed E-state index contributed by atoms with van der Waals surface area (Å²) in [4.78, 5) is 28.1. The normalized spacial score (nSPS) is 19.4. The van der Waals surface area contributed by atoms with Crippen LogP contribution in [0, 0.1) is 41.9 Å². The van der Waals surface area contributed by atoms with E-state index in [9.17, 15) is 14.0 Å². The number of rotatable bonds is 21. The maximum Gasteiger partial charge on any atom is 0.146 e. The number of aldehydes is 1. The SMILES string of the molecule is C=C/C(F)=C(\C=C/C)NC1=C(C)C(N=CCC)=CC(c2ccc(C(CCC)(CCC)C(=O)C(C)C)c(C)c2)N1.CC(C)C.CC1CCCO1.CCC(C)C=O.CCCC(C)(C)CC.CCCC1CC(C)C1. The number of hydrogen-bond acceptors (Lipinski definition) is 6. The predicted molar refractivity (Wildman–Crippen MR) is 311 cm³/mol. The van der Waals surface area contributed by atoms with E-state index in [0.29, 0.717) is 28.8 Å². The number of nitrogens with one attached hydrogen (secondary N) is 2. The Morgan fingerprint density at radius 1 is 0.944 bits per heavy atom. The molecule has 3 unspecified atom stereocenters. The number of nitrogens with zero attached hydrogens (tertiary/aromatic N) is 1. The Balaban J connectivity index is 0. The molecule has 408 valence electrons. The number of dihydropyridines is 1. The second kappa shape index (κ2) is 39.0. The molecule has 2 aliphatic heterocycles. The average molecular weight is 991 g/mol. The van der Waals surface area contributed by atoms with Gasteiger partial charge in [-0.25, -0.2) is 4.39 Å². The molecule has 1 aliphatic carbocycles. The van der Waals surface area contributed by atoms with E-state index in [-0.39, 0.29) is 17.9 Å². The van der Waals surface area contributed by atoms with Gasteiger partial charge in [-0.05, 0) is 144 Å². The summed E-state index contributed by atoms with van der Waals surface area (Å²) in [7, 11) is 0. The lowest BCUT2D eigenvalue weighted by Gasteiger charge is -2.36. The zero-order valence-corrected chi connectivity index (χ0v) is 49.8. The van der Waals surface area contributed by atoms with E-state index in [0.717, 1.165) is 97.1 Å². The van der Waals surface area contributed by atoms with Crippen molar-refractivity contribution in [2.45, 2.75) is 252 Å². The Labute approximate surface area is 439 Å². The minimum atomic E-state index is -0.468. The summed E-state index contributed by atoms with van der Waals surface area (Å²) < 4.78 is 19.7. The van der Waals surface area contributed by atoms with Crippen LogP contribution < -0.4 is 10.6 Å². The number of benzene rings is 1. The van der Waals surface area contributed by atoms with Crippen LogP contribution in [0.3, 0.4) is 0 Å². The first kappa shape index (κ1) is 69.5. The highest BCUT2D eigenvalue weighted by Gasteiger charge is 2.40. The van der Waals surface area contributed by atoms with Crippen LogP contribution in [0.5, 0.6) is 0 Å². The van der Waals surface area contributed by atoms with E-state index in [4.69, 9.17) is 9.73 Å². The number of carbonyl (C=O) groups is 2. The lowest BCUT2D eigenvalue weighted by atomic mass is 9.66. The molecule has 0 aromatic heterocycles. The topological polar surface area (TPSA) is 79.8 Å². The average Bonchev–Trinajstić information content (AvgIpc) is 3.81. The van der Waals surface area contributed by atoms with Crippen LogP contribution in [0.15, 0.2) is 82.7 Å². The smallest absolute Gasteiger partial charge is 0.146 e. The molecular weight excluding hydrogens is 878 g/mol. The number of halogens is 1. The molecule has 0 spiro atoms. The predicted octanol–water partition coefficient (Wildman–Crippen LogP) is 19.0. The molecule has 2 fully saturated rings. The highest BCUT2D eigenvalue weighted by Crippen LogP contribution is 2.41. The summed E-state index contributed by atoms with van der Waals surface area (Å²) >= 11 is 0. The van der Waals surface area contributed by atoms with Crippen LogP contribution in [-0.4, -0.2) is 31.0 Å². The van der Waals surface area contributed by atoms with Crippen LogP contribution >= 0.6 is 0 Å². The zero-order valence-electron chi connectivity index (χ0n) is 49.8. The van der Waals surface area contributed by atoms with Crippen LogP contribution in [0.25, 0.3) is 0 Å². The molecule has 4 rings (SSSR count). The number of carbonyl (C=O) groups excluding carboxylic acids is 2. The fourth-order valence-electron chi connectivity index (χ4n) is 8.95. The summed E-state index contributed by atoms with van der Waals surface area (Å²) in [5.41, 5.74) is 5.50. The van der Waals surface area contributed by atoms with Gasteiger partial charge in [-0.2, -0.15) is 0 Å². The summed E-state index contributed by atoms with van der Waals surface area (Å²) in [6.07, 6.45) is 28.0. The number of Topliss-reactive ketones (excluding diaryl/α,β-unsaturated/α-hetero) is 1. The highest BCUT2D eigenvalue weighted by molar-refractivity contribution is 5.92. The molecular formula is C64H112FN3O3. The molecule has 1 aromatic rings. The van der Waals surface area contributed by atoms with Crippen molar-refractivity contribution in [3.8, 4) is 0 Å². The van der Waals surface area contributed by atoms with Crippen molar-refractivity contribution in [3.63, 3.8) is 0 Å². The Hall–Kier alpha value is -3.58. The maximum atomic E-state index is 14.6. The first-order chi connectivity index (χ1) is 33.5. The van der Waals surface area contributed by atoms with Gasteiger partial charge < -0.3 is 20.2 Å². The van der Waals surface area contributed by atoms with Crippen molar-refractivity contribution in [2.75, 3.05) is 6.61 Å². The third-order valence-corrected chi connectivity index (χ3v) is 13.4. The van der Waals surface area contributed by atoms with Crippen molar-refractivity contribution in [1.82, 2.24) is 10.6 Å². The zero-order chi connectivity index (χ0) is 54.7. The molecule has 0 radical (unpaired) electrons. The molecule has 7 heteroatoms. The third kappa shape index (κ3) is 27.9. The Kier molecular flexibility index (Phi) is 38.1. The molecule has 6 nitrogen and oxygen atoms in total. The quantitative estimate of drug-likeness (QED) is 0.0729. The van der Waals surface area contributed by atoms with Crippen molar-refractivity contribution >= 4 is 18.3 Å². The fourth-order valence-corrected chi connectivity index (χ4v) is 8.95. The van der Waals surface area contributed by atoms with Gasteiger partial charge in [0.15, 0.2) is 0 Å². The van der Waals surface area contributed by atoms with Crippen molar-refractivity contribution in [2.24, 2.45) is 40.0 Å². The Morgan fingerprint density at radius 3 is 1.89 bits per heavy atom. The van der Waals surface area contributed by atoms with Gasteiger partial charge in [-0.15, -0.1) is 0 Å². The number of ether oxygens (including phenoxy) is 1. The molecule has 3 aliphatic rings. The second-order valence-electron chi connectivity index (χ2n) is 22.2.